The van der Waals surface area contributed by atoms with E-state index in [0.29, 0.717) is 6.61 Å². The third-order valence-corrected chi connectivity index (χ3v) is 2.91. The molecule has 0 aliphatic carbocycles. The highest BCUT2D eigenvalue weighted by Gasteiger charge is 2.00. The summed E-state index contributed by atoms with van der Waals surface area (Å²) in [6, 6.07) is 0. The van der Waals surface area contributed by atoms with Gasteiger partial charge in [-0.3, -0.25) is 0 Å². The normalized spacial score (nSPS) is 11.2. The van der Waals surface area contributed by atoms with Gasteiger partial charge in [0.1, 0.15) is 0 Å². The third-order valence-electron chi connectivity index (χ3n) is 2.91. The standard InChI is InChI=1S/C13H29NO/c1-3-5-6-7-8-9-11-14(4-2)12-10-13-15/h15H,3-13H2,1-2H3. The maximum Gasteiger partial charge on any atom is 0.0443 e. The summed E-state index contributed by atoms with van der Waals surface area (Å²) >= 11 is 0. The molecule has 2 nitrogen and oxygen atoms in total. The van der Waals surface area contributed by atoms with Crippen molar-refractivity contribution in [2.45, 2.75) is 58.8 Å². The summed E-state index contributed by atoms with van der Waals surface area (Å²) in [4.78, 5) is 2.44. The largest absolute Gasteiger partial charge is 0.396 e. The fourth-order valence-corrected chi connectivity index (χ4v) is 1.84. The van der Waals surface area contributed by atoms with Crippen molar-refractivity contribution in [3.63, 3.8) is 0 Å². The lowest BCUT2D eigenvalue weighted by molar-refractivity contribution is 0.227. The van der Waals surface area contributed by atoms with Gasteiger partial charge in [-0.25, -0.2) is 0 Å². The summed E-state index contributed by atoms with van der Waals surface area (Å²) in [6.45, 7) is 8.18. The average molecular weight is 215 g/mol. The van der Waals surface area contributed by atoms with Crippen molar-refractivity contribution < 1.29 is 5.11 Å². The Labute approximate surface area is 95.7 Å². The van der Waals surface area contributed by atoms with Gasteiger partial charge < -0.3 is 10.0 Å². The van der Waals surface area contributed by atoms with Crippen LogP contribution in [-0.2, 0) is 0 Å². The Morgan fingerprint density at radius 2 is 1.40 bits per heavy atom. The molecule has 0 aromatic rings. The molecule has 0 spiro atoms. The molecule has 0 aromatic carbocycles. The van der Waals surface area contributed by atoms with Gasteiger partial charge in [-0.2, -0.15) is 0 Å². The SMILES string of the molecule is CCCCCCCCN(CC)CCCO. The number of aliphatic hydroxyl groups excluding tert-OH is 1. The van der Waals surface area contributed by atoms with Gasteiger partial charge in [-0.1, -0.05) is 46.0 Å². The van der Waals surface area contributed by atoms with Crippen LogP contribution in [0.2, 0.25) is 0 Å². The number of rotatable bonds is 11. The van der Waals surface area contributed by atoms with Crippen LogP contribution in [0.4, 0.5) is 0 Å². The van der Waals surface area contributed by atoms with E-state index in [9.17, 15) is 0 Å². The quantitative estimate of drug-likeness (QED) is 0.535. The first-order chi connectivity index (χ1) is 7.35. The molecule has 0 saturated heterocycles. The Morgan fingerprint density at radius 1 is 0.800 bits per heavy atom. The lowest BCUT2D eigenvalue weighted by Gasteiger charge is -2.19. The molecule has 0 saturated carbocycles. The fraction of sp³-hybridized carbons (Fsp3) is 1.00. The molecule has 0 fully saturated rings. The minimum atomic E-state index is 0.326. The lowest BCUT2D eigenvalue weighted by Crippen LogP contribution is -2.26. The van der Waals surface area contributed by atoms with Gasteiger partial charge in [0, 0.05) is 13.2 Å². The van der Waals surface area contributed by atoms with Crippen LogP contribution < -0.4 is 0 Å². The molecule has 0 aliphatic heterocycles. The van der Waals surface area contributed by atoms with E-state index in [1.807, 2.05) is 0 Å². The van der Waals surface area contributed by atoms with Gasteiger partial charge in [0.25, 0.3) is 0 Å². The smallest absolute Gasteiger partial charge is 0.0443 e. The summed E-state index contributed by atoms with van der Waals surface area (Å²) in [5.74, 6) is 0. The molecular weight excluding hydrogens is 186 g/mol. The first-order valence-electron chi connectivity index (χ1n) is 6.68. The highest BCUT2D eigenvalue weighted by Crippen LogP contribution is 2.06. The molecule has 0 amide bonds. The Morgan fingerprint density at radius 3 is 2.00 bits per heavy atom. The van der Waals surface area contributed by atoms with Gasteiger partial charge >= 0.3 is 0 Å². The maximum atomic E-state index is 8.75. The van der Waals surface area contributed by atoms with Crippen molar-refractivity contribution in [3.05, 3.63) is 0 Å². The molecule has 2 heteroatoms. The predicted molar refractivity (Wildman–Crippen MR) is 67.2 cm³/mol. The zero-order chi connectivity index (χ0) is 11.4. The van der Waals surface area contributed by atoms with Crippen LogP contribution in [0.25, 0.3) is 0 Å². The molecule has 0 aromatic heterocycles. The first-order valence-corrected chi connectivity index (χ1v) is 6.68. The molecule has 0 radical (unpaired) electrons. The Balaban J connectivity index is 3.22. The van der Waals surface area contributed by atoms with E-state index in [2.05, 4.69) is 18.7 Å². The molecule has 92 valence electrons. The van der Waals surface area contributed by atoms with Gasteiger partial charge in [-0.05, 0) is 25.9 Å². The predicted octanol–water partition coefficient (Wildman–Crippen LogP) is 3.05. The van der Waals surface area contributed by atoms with E-state index >= 15 is 0 Å². The highest BCUT2D eigenvalue weighted by molar-refractivity contribution is 4.55. The van der Waals surface area contributed by atoms with Gasteiger partial charge in [0.2, 0.25) is 0 Å². The second kappa shape index (κ2) is 12.0. The van der Waals surface area contributed by atoms with Crippen LogP contribution >= 0.6 is 0 Å². The van der Waals surface area contributed by atoms with E-state index in [1.54, 1.807) is 0 Å². The van der Waals surface area contributed by atoms with Gasteiger partial charge in [0.15, 0.2) is 0 Å². The zero-order valence-corrected chi connectivity index (χ0v) is 10.7. The maximum absolute atomic E-state index is 8.75. The van der Waals surface area contributed by atoms with Crippen molar-refractivity contribution in [3.8, 4) is 0 Å². The number of hydrogen-bond donors (Lipinski definition) is 1. The molecule has 0 rings (SSSR count). The number of nitrogens with zero attached hydrogens (tertiary/aromatic N) is 1. The molecular formula is C13H29NO. The van der Waals surface area contributed by atoms with E-state index < -0.39 is 0 Å². The van der Waals surface area contributed by atoms with E-state index in [0.717, 1.165) is 19.5 Å². The van der Waals surface area contributed by atoms with Gasteiger partial charge in [0.05, 0.1) is 0 Å². The monoisotopic (exact) mass is 215 g/mol. The topological polar surface area (TPSA) is 23.5 Å². The van der Waals surface area contributed by atoms with Crippen molar-refractivity contribution in [2.24, 2.45) is 0 Å². The molecule has 1 N–H and O–H groups in total. The minimum Gasteiger partial charge on any atom is -0.396 e. The lowest BCUT2D eigenvalue weighted by atomic mass is 10.1. The summed E-state index contributed by atoms with van der Waals surface area (Å²) in [5.41, 5.74) is 0. The van der Waals surface area contributed by atoms with E-state index in [1.165, 1.54) is 45.1 Å². The van der Waals surface area contributed by atoms with Crippen LogP contribution in [0.1, 0.15) is 58.8 Å². The first kappa shape index (κ1) is 14.9. The Bertz CT molecular complexity index is 117. The van der Waals surface area contributed by atoms with Crippen molar-refractivity contribution >= 4 is 0 Å². The Hall–Kier alpha value is -0.0800. The summed E-state index contributed by atoms with van der Waals surface area (Å²) in [7, 11) is 0. The number of hydrogen-bond acceptors (Lipinski definition) is 2. The van der Waals surface area contributed by atoms with Crippen LogP contribution in [0.3, 0.4) is 0 Å². The van der Waals surface area contributed by atoms with Crippen LogP contribution in [-0.4, -0.2) is 36.2 Å². The summed E-state index contributed by atoms with van der Waals surface area (Å²) in [5, 5.41) is 8.75. The van der Waals surface area contributed by atoms with Crippen LogP contribution in [0.15, 0.2) is 0 Å². The molecule has 0 heterocycles. The van der Waals surface area contributed by atoms with Crippen LogP contribution in [0.5, 0.6) is 0 Å². The fourth-order valence-electron chi connectivity index (χ4n) is 1.84. The molecule has 15 heavy (non-hydrogen) atoms. The second-order valence-electron chi connectivity index (χ2n) is 4.28. The third kappa shape index (κ3) is 10.2. The molecule has 0 aliphatic rings. The van der Waals surface area contributed by atoms with Crippen LogP contribution in [0, 0.1) is 0 Å². The van der Waals surface area contributed by atoms with Gasteiger partial charge in [-0.15, -0.1) is 0 Å². The van der Waals surface area contributed by atoms with Crippen molar-refractivity contribution in [2.75, 3.05) is 26.2 Å². The number of unbranched alkanes of at least 4 members (excludes halogenated alkanes) is 5. The molecule has 0 bridgehead atoms. The van der Waals surface area contributed by atoms with E-state index in [-0.39, 0.29) is 0 Å². The number of aliphatic hydroxyl groups is 1. The highest BCUT2D eigenvalue weighted by atomic mass is 16.3. The summed E-state index contributed by atoms with van der Waals surface area (Å²) < 4.78 is 0. The van der Waals surface area contributed by atoms with E-state index in [4.69, 9.17) is 5.11 Å². The zero-order valence-electron chi connectivity index (χ0n) is 10.7. The summed E-state index contributed by atoms with van der Waals surface area (Å²) in [6.07, 6.45) is 9.13. The molecule has 0 atom stereocenters. The minimum absolute atomic E-state index is 0.326. The van der Waals surface area contributed by atoms with Crippen molar-refractivity contribution in [1.29, 1.82) is 0 Å². The Kier molecular flexibility index (Phi) is 11.9. The molecule has 0 unspecified atom stereocenters. The average Bonchev–Trinajstić information content (AvgIpc) is 2.27. The second-order valence-corrected chi connectivity index (χ2v) is 4.28. The van der Waals surface area contributed by atoms with Crippen molar-refractivity contribution in [1.82, 2.24) is 4.90 Å².